The summed E-state index contributed by atoms with van der Waals surface area (Å²) < 4.78 is 1.62. The maximum atomic E-state index is 11.5. The molecule has 1 heterocycles. The molecule has 16 heavy (non-hydrogen) atoms. The van der Waals surface area contributed by atoms with E-state index in [1.54, 1.807) is 10.8 Å². The molecule has 0 aromatic carbocycles. The zero-order chi connectivity index (χ0) is 11.8. The molecule has 0 unspecified atom stereocenters. The van der Waals surface area contributed by atoms with E-state index < -0.39 is 0 Å². The largest absolute Gasteiger partial charge is 0.331 e. The van der Waals surface area contributed by atoms with E-state index in [0.29, 0.717) is 13.0 Å². The molecule has 5 nitrogen and oxygen atoms in total. The number of hydrogen-bond acceptors (Lipinski definition) is 4. The monoisotopic (exact) mass is 223 g/mol. The molecule has 0 amide bonds. The van der Waals surface area contributed by atoms with Crippen molar-refractivity contribution in [3.8, 4) is 0 Å². The first-order valence-corrected chi connectivity index (χ1v) is 5.46. The summed E-state index contributed by atoms with van der Waals surface area (Å²) in [5.41, 5.74) is 5.07. The molecule has 0 spiro atoms. The van der Waals surface area contributed by atoms with Gasteiger partial charge in [-0.05, 0) is 19.4 Å². The van der Waals surface area contributed by atoms with Gasteiger partial charge < -0.3 is 10.3 Å². The van der Waals surface area contributed by atoms with Crippen LogP contribution < -0.4 is 11.3 Å². The van der Waals surface area contributed by atoms with Crippen LogP contribution in [0.1, 0.15) is 25.7 Å². The molecular formula is C11H17N3O2. The second kappa shape index (κ2) is 6.90. The highest BCUT2D eigenvalue weighted by Crippen LogP contribution is 2.00. The highest BCUT2D eigenvalue weighted by molar-refractivity contribution is 5.78. The quantitative estimate of drug-likeness (QED) is 0.676. The number of nitrogens with two attached hydrogens (primary N) is 1. The minimum atomic E-state index is -0.286. The lowest BCUT2D eigenvalue weighted by atomic mass is 10.1. The van der Waals surface area contributed by atoms with E-state index in [2.05, 4.69) is 4.98 Å². The molecule has 5 heteroatoms. The number of ketones is 1. The maximum absolute atomic E-state index is 11.5. The standard InChI is InChI=1S/C11H17N3O2/c12-6-3-1-2-4-10(15)8-14-7-5-11(16)13-9-14/h5,7,9H,1-4,6,8,12H2. The van der Waals surface area contributed by atoms with E-state index in [1.807, 2.05) is 0 Å². The Kier molecular flexibility index (Phi) is 5.42. The zero-order valence-corrected chi connectivity index (χ0v) is 9.26. The van der Waals surface area contributed by atoms with Gasteiger partial charge in [-0.15, -0.1) is 0 Å². The minimum Gasteiger partial charge on any atom is -0.331 e. The van der Waals surface area contributed by atoms with Crippen LogP contribution in [0, 0.1) is 0 Å². The zero-order valence-electron chi connectivity index (χ0n) is 9.26. The van der Waals surface area contributed by atoms with Crippen LogP contribution in [0.15, 0.2) is 23.4 Å². The van der Waals surface area contributed by atoms with Crippen molar-refractivity contribution in [1.82, 2.24) is 9.55 Å². The fourth-order valence-corrected chi connectivity index (χ4v) is 1.39. The number of carbonyl (C=O) groups is 1. The van der Waals surface area contributed by atoms with Crippen molar-refractivity contribution in [1.29, 1.82) is 0 Å². The van der Waals surface area contributed by atoms with Gasteiger partial charge in [0.1, 0.15) is 0 Å². The van der Waals surface area contributed by atoms with Crippen molar-refractivity contribution in [3.05, 3.63) is 28.9 Å². The summed E-state index contributed by atoms with van der Waals surface area (Å²) in [6.07, 6.45) is 6.36. The average Bonchev–Trinajstić information content (AvgIpc) is 2.28. The maximum Gasteiger partial charge on any atom is 0.272 e. The molecule has 0 aliphatic heterocycles. The molecule has 88 valence electrons. The second-order valence-corrected chi connectivity index (χ2v) is 3.71. The molecule has 0 bridgehead atoms. The van der Waals surface area contributed by atoms with Crippen LogP contribution in [0.25, 0.3) is 0 Å². The third-order valence-electron chi connectivity index (χ3n) is 2.26. The van der Waals surface area contributed by atoms with Crippen molar-refractivity contribution in [2.75, 3.05) is 6.54 Å². The van der Waals surface area contributed by atoms with Crippen LogP contribution >= 0.6 is 0 Å². The third-order valence-corrected chi connectivity index (χ3v) is 2.26. The van der Waals surface area contributed by atoms with E-state index >= 15 is 0 Å². The van der Waals surface area contributed by atoms with Crippen LogP contribution in [-0.2, 0) is 11.3 Å². The van der Waals surface area contributed by atoms with Crippen molar-refractivity contribution in [2.24, 2.45) is 5.73 Å². The lowest BCUT2D eigenvalue weighted by Gasteiger charge is -2.03. The number of hydrogen-bond donors (Lipinski definition) is 1. The summed E-state index contributed by atoms with van der Waals surface area (Å²) in [7, 11) is 0. The topological polar surface area (TPSA) is 78.0 Å². The first-order valence-electron chi connectivity index (χ1n) is 5.46. The summed E-state index contributed by atoms with van der Waals surface area (Å²) in [6.45, 7) is 0.966. The number of nitrogens with zero attached hydrogens (tertiary/aromatic N) is 2. The van der Waals surface area contributed by atoms with Crippen LogP contribution in [0.4, 0.5) is 0 Å². The molecule has 0 atom stereocenters. The highest BCUT2D eigenvalue weighted by atomic mass is 16.1. The minimum absolute atomic E-state index is 0.155. The van der Waals surface area contributed by atoms with Crippen molar-refractivity contribution < 1.29 is 4.79 Å². The molecule has 0 saturated carbocycles. The van der Waals surface area contributed by atoms with Gasteiger partial charge in [-0.1, -0.05) is 6.42 Å². The first kappa shape index (κ1) is 12.6. The third kappa shape index (κ3) is 4.84. The summed E-state index contributed by atoms with van der Waals surface area (Å²) in [4.78, 5) is 25.8. The number of aromatic nitrogens is 2. The molecule has 2 N–H and O–H groups in total. The summed E-state index contributed by atoms with van der Waals surface area (Å²) >= 11 is 0. The average molecular weight is 223 g/mol. The summed E-state index contributed by atoms with van der Waals surface area (Å²) in [5.74, 6) is 0.155. The van der Waals surface area contributed by atoms with Crippen molar-refractivity contribution >= 4 is 5.78 Å². The van der Waals surface area contributed by atoms with Crippen molar-refractivity contribution in [3.63, 3.8) is 0 Å². The van der Waals surface area contributed by atoms with Gasteiger partial charge in [0.2, 0.25) is 0 Å². The van der Waals surface area contributed by atoms with Crippen LogP contribution in [0.2, 0.25) is 0 Å². The molecule has 1 aromatic rings. The van der Waals surface area contributed by atoms with E-state index in [0.717, 1.165) is 19.3 Å². The molecule has 1 rings (SSSR count). The predicted octanol–water partition coefficient (Wildman–Crippen LogP) is 0.331. The van der Waals surface area contributed by atoms with Crippen LogP contribution in [0.3, 0.4) is 0 Å². The smallest absolute Gasteiger partial charge is 0.272 e. The molecule has 0 radical (unpaired) electrons. The van der Waals surface area contributed by atoms with Gasteiger partial charge >= 0.3 is 0 Å². The van der Waals surface area contributed by atoms with Gasteiger partial charge in [0.25, 0.3) is 5.56 Å². The Balaban J connectivity index is 2.28. The highest BCUT2D eigenvalue weighted by Gasteiger charge is 2.02. The van der Waals surface area contributed by atoms with E-state index in [9.17, 15) is 9.59 Å². The summed E-state index contributed by atoms with van der Waals surface area (Å²) in [5, 5.41) is 0. The van der Waals surface area contributed by atoms with E-state index in [1.165, 1.54) is 12.4 Å². The predicted molar refractivity (Wildman–Crippen MR) is 61.0 cm³/mol. The molecule has 0 aliphatic carbocycles. The first-order chi connectivity index (χ1) is 7.72. The molecule has 0 aliphatic rings. The van der Waals surface area contributed by atoms with Crippen molar-refractivity contribution in [2.45, 2.75) is 32.2 Å². The lowest BCUT2D eigenvalue weighted by molar-refractivity contribution is -0.119. The molecular weight excluding hydrogens is 206 g/mol. The lowest BCUT2D eigenvalue weighted by Crippen LogP contribution is -2.14. The van der Waals surface area contributed by atoms with Gasteiger partial charge in [-0.2, -0.15) is 4.98 Å². The SMILES string of the molecule is NCCCCCC(=O)Cn1ccc(=O)nc1. The number of Topliss-reactive ketones (excluding diaryl/α,β-unsaturated/α-hetero) is 1. The Morgan fingerprint density at radius 2 is 2.19 bits per heavy atom. The normalized spacial score (nSPS) is 10.3. The number of carbonyl (C=O) groups excluding carboxylic acids is 1. The number of unbranched alkanes of at least 4 members (excludes halogenated alkanes) is 2. The fourth-order valence-electron chi connectivity index (χ4n) is 1.39. The number of rotatable bonds is 7. The van der Waals surface area contributed by atoms with Gasteiger partial charge in [0.15, 0.2) is 5.78 Å². The Bertz CT molecular complexity index is 367. The van der Waals surface area contributed by atoms with Crippen LogP contribution in [-0.4, -0.2) is 21.9 Å². The molecule has 0 fully saturated rings. The molecule has 1 aromatic heterocycles. The molecule has 0 saturated heterocycles. The van der Waals surface area contributed by atoms with Gasteiger partial charge in [0, 0.05) is 18.7 Å². The van der Waals surface area contributed by atoms with Gasteiger partial charge in [0.05, 0.1) is 12.9 Å². The van der Waals surface area contributed by atoms with Gasteiger partial charge in [-0.25, -0.2) is 0 Å². The fraction of sp³-hybridized carbons (Fsp3) is 0.545. The Morgan fingerprint density at radius 1 is 1.38 bits per heavy atom. The van der Waals surface area contributed by atoms with Crippen LogP contribution in [0.5, 0.6) is 0 Å². The van der Waals surface area contributed by atoms with E-state index in [4.69, 9.17) is 5.73 Å². The van der Waals surface area contributed by atoms with E-state index in [-0.39, 0.29) is 17.9 Å². The summed E-state index contributed by atoms with van der Waals surface area (Å²) in [6, 6.07) is 1.35. The Morgan fingerprint density at radius 3 is 2.81 bits per heavy atom. The Hall–Kier alpha value is -1.49. The Labute approximate surface area is 94.3 Å². The second-order valence-electron chi connectivity index (χ2n) is 3.71. The van der Waals surface area contributed by atoms with Gasteiger partial charge in [-0.3, -0.25) is 9.59 Å².